The minimum Gasteiger partial charge on any atom is -0.380 e. The third-order valence-electron chi connectivity index (χ3n) is 3.13. The summed E-state index contributed by atoms with van der Waals surface area (Å²) in [5.41, 5.74) is 0.0145. The zero-order valence-electron chi connectivity index (χ0n) is 14.8. The Kier molecular flexibility index (Phi) is 10.9. The Balaban J connectivity index is 0.00000277. The van der Waals surface area contributed by atoms with Gasteiger partial charge in [0.05, 0.1) is 6.61 Å². The fourth-order valence-electron chi connectivity index (χ4n) is 1.99. The van der Waals surface area contributed by atoms with Crippen LogP contribution in [0, 0.1) is 11.6 Å². The van der Waals surface area contributed by atoms with Crippen LogP contribution in [0.5, 0.6) is 0 Å². The van der Waals surface area contributed by atoms with Gasteiger partial charge in [0.25, 0.3) is 5.91 Å². The van der Waals surface area contributed by atoms with E-state index in [9.17, 15) is 23.2 Å². The number of likely N-dealkylation sites (N-methyl/N-ethyl adjacent to an activating group) is 1. The minimum atomic E-state index is -1.18. The van der Waals surface area contributed by atoms with Gasteiger partial charge in [0.2, 0.25) is 5.91 Å². The summed E-state index contributed by atoms with van der Waals surface area (Å²) in [6.45, 7) is 3.90. The van der Waals surface area contributed by atoms with Crippen LogP contribution in [-0.4, -0.2) is 38.3 Å². The monoisotopic (exact) mass is 358 g/mol. The summed E-state index contributed by atoms with van der Waals surface area (Å²) >= 11 is 0. The molecule has 0 aliphatic rings. The lowest BCUT2D eigenvalue weighted by Crippen LogP contribution is -2.46. The predicted octanol–water partition coefficient (Wildman–Crippen LogP) is 1.96. The second kappa shape index (κ2) is 12.1. The normalized spacial score (nSPS) is 11.0. The molecule has 6 nitrogen and oxygen atoms in total. The Hall–Kier alpha value is -2.35. The van der Waals surface area contributed by atoms with E-state index in [-0.39, 0.29) is 30.6 Å². The fraction of sp³-hybridized carbons (Fsp3) is 0.471. The largest absolute Gasteiger partial charge is 0.380 e. The van der Waals surface area contributed by atoms with Crippen molar-refractivity contribution in [3.05, 3.63) is 34.9 Å². The molecule has 0 aromatic heterocycles. The molecule has 0 bridgehead atoms. The van der Waals surface area contributed by atoms with Crippen LogP contribution in [0.4, 0.5) is 8.78 Å². The fourth-order valence-corrected chi connectivity index (χ4v) is 1.99. The smallest absolute Gasteiger partial charge is 0.252 e. The molecule has 2 N–H and O–H groups in total. The number of aldehydes is 1. The number of ether oxygens (including phenoxy) is 1. The number of hydrogen-bond acceptors (Lipinski definition) is 4. The third-order valence-corrected chi connectivity index (χ3v) is 3.13. The molecule has 1 rings (SSSR count). The van der Waals surface area contributed by atoms with E-state index < -0.39 is 29.5 Å². The maximum Gasteiger partial charge on any atom is 0.252 e. The van der Waals surface area contributed by atoms with Gasteiger partial charge < -0.3 is 20.2 Å². The van der Waals surface area contributed by atoms with Crippen LogP contribution in [0.3, 0.4) is 0 Å². The van der Waals surface area contributed by atoms with Crippen molar-refractivity contribution in [3.8, 4) is 0 Å². The van der Waals surface area contributed by atoms with Gasteiger partial charge in [-0.2, -0.15) is 0 Å². The molecule has 0 fully saturated rings. The van der Waals surface area contributed by atoms with Gasteiger partial charge in [-0.05, 0) is 24.1 Å². The zero-order valence-corrected chi connectivity index (χ0v) is 14.8. The van der Waals surface area contributed by atoms with E-state index in [0.29, 0.717) is 6.29 Å². The van der Waals surface area contributed by atoms with E-state index in [1.54, 1.807) is 0 Å². The summed E-state index contributed by atoms with van der Waals surface area (Å²) in [6.07, 6.45) is 0.787. The van der Waals surface area contributed by atoms with E-state index in [4.69, 9.17) is 4.74 Å². The Morgan fingerprint density at radius 1 is 1.24 bits per heavy atom. The number of carbonyl (C=O) groups excluding carboxylic acids is 3. The molecule has 0 aliphatic heterocycles. The van der Waals surface area contributed by atoms with Crippen LogP contribution >= 0.6 is 0 Å². The quantitative estimate of drug-likeness (QED) is 0.696. The van der Waals surface area contributed by atoms with Gasteiger partial charge in [-0.1, -0.05) is 13.8 Å². The Morgan fingerprint density at radius 3 is 2.36 bits per heavy atom. The molecular formula is C17H24F2N2O4. The van der Waals surface area contributed by atoms with E-state index in [2.05, 4.69) is 10.6 Å². The maximum absolute atomic E-state index is 13.4. The van der Waals surface area contributed by atoms with Crippen LogP contribution in [0.25, 0.3) is 0 Å². The Bertz CT molecular complexity index is 594. The average Bonchev–Trinajstić information content (AvgIpc) is 2.62. The van der Waals surface area contributed by atoms with Crippen molar-refractivity contribution in [2.45, 2.75) is 39.3 Å². The Morgan fingerprint density at radius 2 is 1.84 bits per heavy atom. The maximum atomic E-state index is 13.4. The van der Waals surface area contributed by atoms with Gasteiger partial charge in [-0.25, -0.2) is 8.78 Å². The highest BCUT2D eigenvalue weighted by Crippen LogP contribution is 2.16. The molecule has 0 saturated carbocycles. The van der Waals surface area contributed by atoms with Crippen molar-refractivity contribution in [1.82, 2.24) is 10.6 Å². The molecular weight excluding hydrogens is 334 g/mol. The van der Waals surface area contributed by atoms with Crippen molar-refractivity contribution < 1.29 is 27.9 Å². The summed E-state index contributed by atoms with van der Waals surface area (Å²) < 4.78 is 31.6. The molecule has 25 heavy (non-hydrogen) atoms. The molecule has 0 spiro atoms. The first-order valence-electron chi connectivity index (χ1n) is 7.87. The summed E-state index contributed by atoms with van der Waals surface area (Å²) in [7, 11) is 2.73. The van der Waals surface area contributed by atoms with E-state index in [1.807, 2.05) is 13.8 Å². The number of halogens is 2. The van der Waals surface area contributed by atoms with E-state index >= 15 is 0 Å². The molecule has 8 heteroatoms. The van der Waals surface area contributed by atoms with Gasteiger partial charge in [-0.15, -0.1) is 0 Å². The highest BCUT2D eigenvalue weighted by molar-refractivity contribution is 5.98. The zero-order chi connectivity index (χ0) is 19.4. The number of amides is 2. The molecule has 0 radical (unpaired) electrons. The number of carbonyl (C=O) groups is 3. The molecule has 0 heterocycles. The SMILES string of the molecule is CC.CNC(=O)C(CCC=O)NC(=O)c1cc(F)c(F)cc1COC. The molecule has 1 atom stereocenters. The minimum absolute atomic E-state index is 0.0705. The first-order valence-corrected chi connectivity index (χ1v) is 7.87. The molecule has 1 aromatic rings. The van der Waals surface area contributed by atoms with Gasteiger partial charge in [-0.3, -0.25) is 9.59 Å². The molecule has 140 valence electrons. The van der Waals surface area contributed by atoms with E-state index in [1.165, 1.54) is 14.2 Å². The molecule has 1 unspecified atom stereocenters. The van der Waals surface area contributed by atoms with Gasteiger partial charge >= 0.3 is 0 Å². The number of methoxy groups -OCH3 is 1. The van der Waals surface area contributed by atoms with Crippen molar-refractivity contribution in [1.29, 1.82) is 0 Å². The number of hydrogen-bond donors (Lipinski definition) is 2. The summed E-state index contributed by atoms with van der Waals surface area (Å²) in [4.78, 5) is 34.4. The molecule has 0 aliphatic carbocycles. The van der Waals surface area contributed by atoms with Crippen molar-refractivity contribution >= 4 is 18.1 Å². The lowest BCUT2D eigenvalue weighted by atomic mass is 10.0. The first-order chi connectivity index (χ1) is 11.9. The number of nitrogens with one attached hydrogen (secondary N) is 2. The number of benzene rings is 1. The van der Waals surface area contributed by atoms with Gasteiger partial charge in [0.1, 0.15) is 12.3 Å². The number of rotatable bonds is 8. The topological polar surface area (TPSA) is 84.5 Å². The summed E-state index contributed by atoms with van der Waals surface area (Å²) in [6, 6.07) is 0.662. The molecule has 1 aromatic carbocycles. The van der Waals surface area contributed by atoms with E-state index in [0.717, 1.165) is 12.1 Å². The highest BCUT2D eigenvalue weighted by atomic mass is 19.2. The van der Waals surface area contributed by atoms with Crippen LogP contribution < -0.4 is 10.6 Å². The third kappa shape index (κ3) is 6.96. The molecule has 0 saturated heterocycles. The van der Waals surface area contributed by atoms with Crippen molar-refractivity contribution in [3.63, 3.8) is 0 Å². The predicted molar refractivity (Wildman–Crippen MR) is 89.0 cm³/mol. The second-order valence-electron chi connectivity index (χ2n) is 4.74. The van der Waals surface area contributed by atoms with Crippen LogP contribution in [0.2, 0.25) is 0 Å². The summed E-state index contributed by atoms with van der Waals surface area (Å²) in [5.74, 6) is -3.52. The van der Waals surface area contributed by atoms with Crippen LogP contribution in [0.1, 0.15) is 42.6 Å². The Labute approximate surface area is 145 Å². The molecule has 2 amide bonds. The van der Waals surface area contributed by atoms with Crippen molar-refractivity contribution in [2.24, 2.45) is 0 Å². The lowest BCUT2D eigenvalue weighted by molar-refractivity contribution is -0.122. The first kappa shape index (κ1) is 22.6. The highest BCUT2D eigenvalue weighted by Gasteiger charge is 2.22. The van der Waals surface area contributed by atoms with Crippen LogP contribution in [-0.2, 0) is 20.9 Å². The second-order valence-corrected chi connectivity index (χ2v) is 4.74. The van der Waals surface area contributed by atoms with Crippen LogP contribution in [0.15, 0.2) is 12.1 Å². The standard InChI is InChI=1S/C15H18F2N2O4.C2H6/c1-18-15(22)13(4-3-5-20)19-14(21)10-7-12(17)11(16)6-9(10)8-23-2;1-2/h5-7,13H,3-4,8H2,1-2H3,(H,18,22)(H,19,21);1-2H3. The average molecular weight is 358 g/mol. The lowest BCUT2D eigenvalue weighted by Gasteiger charge is -2.17. The van der Waals surface area contributed by atoms with Gasteiger partial charge in [0, 0.05) is 26.1 Å². The summed E-state index contributed by atoms with van der Waals surface area (Å²) in [5, 5.41) is 4.77. The van der Waals surface area contributed by atoms with Crippen molar-refractivity contribution in [2.75, 3.05) is 14.2 Å². The van der Waals surface area contributed by atoms with Gasteiger partial charge in [0.15, 0.2) is 11.6 Å².